The van der Waals surface area contributed by atoms with Gasteiger partial charge in [-0.3, -0.25) is 4.98 Å². The van der Waals surface area contributed by atoms with E-state index in [-0.39, 0.29) is 0 Å². The van der Waals surface area contributed by atoms with Gasteiger partial charge < -0.3 is 14.0 Å². The van der Waals surface area contributed by atoms with Crippen molar-refractivity contribution in [3.05, 3.63) is 37.4 Å². The van der Waals surface area contributed by atoms with Gasteiger partial charge in [-0.05, 0) is 0 Å². The average Bonchev–Trinajstić information content (AvgIpc) is 3.05. The first kappa shape index (κ1) is 12.8. The fourth-order valence-electron chi connectivity index (χ4n) is 1.54. The van der Waals surface area contributed by atoms with E-state index in [4.69, 9.17) is 9.47 Å². The highest BCUT2D eigenvalue weighted by molar-refractivity contribution is 4.73. The van der Waals surface area contributed by atoms with E-state index in [0.717, 1.165) is 13.1 Å². The van der Waals surface area contributed by atoms with Gasteiger partial charge in [-0.25, -0.2) is 9.55 Å². The molecule has 2 heterocycles. The molecule has 98 valence electrons. The summed E-state index contributed by atoms with van der Waals surface area (Å²) >= 11 is 0. The molecule has 0 aliphatic carbocycles. The van der Waals surface area contributed by atoms with Crippen molar-refractivity contribution in [3.8, 4) is 0 Å². The van der Waals surface area contributed by atoms with E-state index in [9.17, 15) is 0 Å². The number of nitrogens with zero attached hydrogens (tertiary/aromatic N) is 3. The molecule has 18 heavy (non-hydrogen) atoms. The Bertz CT molecular complexity index is 359. The summed E-state index contributed by atoms with van der Waals surface area (Å²) in [5, 5.41) is 0. The Kier molecular flexibility index (Phi) is 5.42. The third kappa shape index (κ3) is 4.68. The minimum atomic E-state index is 0.631. The Labute approximate surface area is 106 Å². The van der Waals surface area contributed by atoms with Crippen molar-refractivity contribution < 1.29 is 14.0 Å². The Hall–Kier alpha value is -1.66. The van der Waals surface area contributed by atoms with Gasteiger partial charge in [0, 0.05) is 18.9 Å². The van der Waals surface area contributed by atoms with Crippen LogP contribution in [0.15, 0.2) is 37.4 Å². The molecule has 6 nitrogen and oxygen atoms in total. The van der Waals surface area contributed by atoms with Gasteiger partial charge in [0.05, 0.1) is 32.8 Å². The Morgan fingerprint density at radius 3 is 2.78 bits per heavy atom. The number of aromatic amines is 1. The third-order valence-corrected chi connectivity index (χ3v) is 2.52. The van der Waals surface area contributed by atoms with Crippen LogP contribution < -0.4 is 4.57 Å². The Morgan fingerprint density at radius 2 is 2.06 bits per heavy atom. The second-order valence-electron chi connectivity index (χ2n) is 3.87. The maximum Gasteiger partial charge on any atom is 0.241 e. The van der Waals surface area contributed by atoms with E-state index < -0.39 is 0 Å². The number of hydrogen-bond donors (Lipinski definition) is 1. The van der Waals surface area contributed by atoms with Crippen molar-refractivity contribution in [1.82, 2.24) is 14.5 Å². The highest BCUT2D eigenvalue weighted by Gasteiger charge is 1.96. The maximum absolute atomic E-state index is 5.47. The predicted octanol–water partition coefficient (Wildman–Crippen LogP) is 0.232. The van der Waals surface area contributed by atoms with Crippen LogP contribution in [0.3, 0.4) is 0 Å². The zero-order chi connectivity index (χ0) is 12.5. The van der Waals surface area contributed by atoms with E-state index in [1.165, 1.54) is 0 Å². The second kappa shape index (κ2) is 7.62. The third-order valence-electron chi connectivity index (χ3n) is 2.52. The molecule has 0 aromatic carbocycles. The van der Waals surface area contributed by atoms with Crippen molar-refractivity contribution >= 4 is 0 Å². The lowest BCUT2D eigenvalue weighted by Crippen LogP contribution is -2.33. The second-order valence-corrected chi connectivity index (χ2v) is 3.87. The zero-order valence-corrected chi connectivity index (χ0v) is 10.4. The van der Waals surface area contributed by atoms with E-state index >= 15 is 0 Å². The molecule has 0 unspecified atom stereocenters. The van der Waals surface area contributed by atoms with Crippen molar-refractivity contribution in [1.29, 1.82) is 0 Å². The molecule has 2 aromatic heterocycles. The molecular formula is C12H19N4O2+. The van der Waals surface area contributed by atoms with E-state index in [0.29, 0.717) is 26.4 Å². The van der Waals surface area contributed by atoms with Crippen LogP contribution in [0.25, 0.3) is 0 Å². The lowest BCUT2D eigenvalue weighted by atomic mass is 10.6. The van der Waals surface area contributed by atoms with E-state index in [2.05, 4.69) is 9.97 Å². The van der Waals surface area contributed by atoms with Crippen LogP contribution >= 0.6 is 0 Å². The number of nitrogens with one attached hydrogen (secondary N) is 1. The normalized spacial score (nSPS) is 10.9. The summed E-state index contributed by atoms with van der Waals surface area (Å²) in [7, 11) is 0. The van der Waals surface area contributed by atoms with Gasteiger partial charge in [-0.15, -0.1) is 0 Å². The summed E-state index contributed by atoms with van der Waals surface area (Å²) in [6.07, 6.45) is 11.2. The highest BCUT2D eigenvalue weighted by Crippen LogP contribution is 1.87. The molecule has 0 fully saturated rings. The molecule has 0 bridgehead atoms. The molecule has 1 N–H and O–H groups in total. The monoisotopic (exact) mass is 251 g/mol. The highest BCUT2D eigenvalue weighted by atomic mass is 16.5. The predicted molar refractivity (Wildman–Crippen MR) is 64.9 cm³/mol. The number of H-pyrrole nitrogens is 1. The molecule has 0 amide bonds. The summed E-state index contributed by atoms with van der Waals surface area (Å²) in [5.74, 6) is 0. The van der Waals surface area contributed by atoms with Gasteiger partial charge in [-0.2, -0.15) is 0 Å². The largest absolute Gasteiger partial charge is 0.377 e. The lowest BCUT2D eigenvalue weighted by Gasteiger charge is -2.05. The quantitative estimate of drug-likeness (QED) is 0.513. The van der Waals surface area contributed by atoms with Crippen LogP contribution in [0, 0.1) is 0 Å². The molecule has 0 aliphatic heterocycles. The summed E-state index contributed by atoms with van der Waals surface area (Å²) in [4.78, 5) is 6.95. The summed E-state index contributed by atoms with van der Waals surface area (Å²) in [6, 6.07) is 0. The van der Waals surface area contributed by atoms with Crippen molar-refractivity contribution in [2.24, 2.45) is 0 Å². The van der Waals surface area contributed by atoms with Crippen LogP contribution in [0.1, 0.15) is 0 Å². The van der Waals surface area contributed by atoms with Crippen LogP contribution in [0.2, 0.25) is 0 Å². The molecule has 0 spiro atoms. The topological polar surface area (TPSA) is 56.0 Å². The fourth-order valence-corrected chi connectivity index (χ4v) is 1.54. The van der Waals surface area contributed by atoms with E-state index in [1.54, 1.807) is 12.5 Å². The molecule has 6 heteroatoms. The van der Waals surface area contributed by atoms with Crippen LogP contribution in [-0.2, 0) is 22.6 Å². The van der Waals surface area contributed by atoms with Crippen molar-refractivity contribution in [2.75, 3.05) is 26.4 Å². The van der Waals surface area contributed by atoms with Crippen LogP contribution in [0.5, 0.6) is 0 Å². The van der Waals surface area contributed by atoms with Gasteiger partial charge in [0.15, 0.2) is 0 Å². The number of ether oxygens (including phenoxy) is 2. The summed E-state index contributed by atoms with van der Waals surface area (Å²) in [5.41, 5.74) is 0. The molecule has 0 atom stereocenters. The van der Waals surface area contributed by atoms with Crippen molar-refractivity contribution in [3.63, 3.8) is 0 Å². The lowest BCUT2D eigenvalue weighted by molar-refractivity contribution is -0.697. The van der Waals surface area contributed by atoms with Crippen LogP contribution in [0.4, 0.5) is 0 Å². The zero-order valence-electron chi connectivity index (χ0n) is 10.4. The molecular weight excluding hydrogens is 232 g/mol. The molecule has 0 saturated carbocycles. The van der Waals surface area contributed by atoms with Gasteiger partial charge >= 0.3 is 0 Å². The first-order valence-corrected chi connectivity index (χ1v) is 6.08. The van der Waals surface area contributed by atoms with Gasteiger partial charge in [0.25, 0.3) is 0 Å². The van der Waals surface area contributed by atoms with Gasteiger partial charge in [0.1, 0.15) is 18.9 Å². The molecule has 0 saturated heterocycles. The standard InChI is InChI=1S/C12H18N4O2/c1-3-15(11-13-1)5-7-17-9-10-18-8-6-16-4-2-14-12-16/h1-4,11-12H,5-10H2/p+1. The molecule has 0 aliphatic rings. The summed E-state index contributed by atoms with van der Waals surface area (Å²) < 4.78 is 15.0. The number of hydrogen-bond acceptors (Lipinski definition) is 3. The van der Waals surface area contributed by atoms with E-state index in [1.807, 2.05) is 34.1 Å². The first-order valence-electron chi connectivity index (χ1n) is 6.08. The SMILES string of the molecule is c1cn(CCOCCOCC[n+]2cc[nH]c2)cn1. The number of imidazole rings is 2. The van der Waals surface area contributed by atoms with Gasteiger partial charge in [-0.1, -0.05) is 0 Å². The molecule has 2 rings (SSSR count). The van der Waals surface area contributed by atoms with Crippen LogP contribution in [-0.4, -0.2) is 41.0 Å². The summed E-state index contributed by atoms with van der Waals surface area (Å²) in [6.45, 7) is 4.35. The smallest absolute Gasteiger partial charge is 0.241 e. The minimum absolute atomic E-state index is 0.631. The fraction of sp³-hybridized carbons (Fsp3) is 0.500. The number of aromatic nitrogens is 4. The Balaban J connectivity index is 1.40. The molecule has 0 radical (unpaired) electrons. The number of rotatable bonds is 9. The molecule has 2 aromatic rings. The van der Waals surface area contributed by atoms with Crippen molar-refractivity contribution in [2.45, 2.75) is 13.1 Å². The average molecular weight is 251 g/mol. The minimum Gasteiger partial charge on any atom is -0.377 e. The Morgan fingerprint density at radius 1 is 1.17 bits per heavy atom. The maximum atomic E-state index is 5.47. The van der Waals surface area contributed by atoms with Gasteiger partial charge in [0.2, 0.25) is 6.33 Å². The first-order chi connectivity index (χ1) is 8.95.